The number of fused-ring (bicyclic) bond motifs is 1. The van der Waals surface area contributed by atoms with Crippen LogP contribution in [0.2, 0.25) is 0 Å². The molecule has 1 aliphatic heterocycles. The van der Waals surface area contributed by atoms with Crippen LogP contribution in [0.25, 0.3) is 0 Å². The fourth-order valence-corrected chi connectivity index (χ4v) is 5.73. The van der Waals surface area contributed by atoms with E-state index in [2.05, 4.69) is 11.4 Å². The Kier molecular flexibility index (Phi) is 5.12. The zero-order chi connectivity index (χ0) is 19.7. The van der Waals surface area contributed by atoms with E-state index in [9.17, 15) is 13.2 Å². The lowest BCUT2D eigenvalue weighted by Crippen LogP contribution is -2.30. The van der Waals surface area contributed by atoms with Crippen LogP contribution < -0.4 is 10.1 Å². The molecule has 1 saturated heterocycles. The number of rotatable bonds is 5. The second-order valence-electron chi connectivity index (χ2n) is 7.24. The highest BCUT2D eigenvalue weighted by Crippen LogP contribution is 2.32. The first kappa shape index (κ1) is 19.0. The molecule has 1 atom stereocenters. The number of carbonyl (C=O) groups excluding carboxylic acids is 1. The van der Waals surface area contributed by atoms with E-state index in [1.165, 1.54) is 23.0 Å². The van der Waals surface area contributed by atoms with Crippen LogP contribution in [0.3, 0.4) is 0 Å². The lowest BCUT2D eigenvalue weighted by Gasteiger charge is -2.19. The Morgan fingerprint density at radius 2 is 1.89 bits per heavy atom. The number of hydrogen-bond donors (Lipinski definition) is 1. The van der Waals surface area contributed by atoms with Crippen molar-refractivity contribution in [1.82, 2.24) is 9.62 Å². The Hall–Kier alpha value is -2.38. The van der Waals surface area contributed by atoms with Gasteiger partial charge >= 0.3 is 0 Å². The predicted molar refractivity (Wildman–Crippen MR) is 106 cm³/mol. The van der Waals surface area contributed by atoms with E-state index < -0.39 is 10.0 Å². The van der Waals surface area contributed by atoms with E-state index >= 15 is 0 Å². The second kappa shape index (κ2) is 7.56. The van der Waals surface area contributed by atoms with E-state index in [-0.39, 0.29) is 22.6 Å². The zero-order valence-electron chi connectivity index (χ0n) is 15.8. The third-order valence-corrected chi connectivity index (χ3v) is 7.47. The molecule has 6 nitrogen and oxygen atoms in total. The SMILES string of the molecule is COc1ccc(C(=O)NC2CCc3ccccc32)cc1S(=O)(=O)N1CCCC1. The molecule has 1 fully saturated rings. The summed E-state index contributed by atoms with van der Waals surface area (Å²) in [4.78, 5) is 12.9. The van der Waals surface area contributed by atoms with E-state index in [0.717, 1.165) is 31.2 Å². The minimum Gasteiger partial charge on any atom is -0.495 e. The Morgan fingerprint density at radius 1 is 1.14 bits per heavy atom. The molecule has 4 rings (SSSR count). The van der Waals surface area contributed by atoms with Crippen molar-refractivity contribution in [3.63, 3.8) is 0 Å². The Bertz CT molecular complexity index is 997. The minimum absolute atomic E-state index is 0.0514. The molecule has 0 aromatic heterocycles. The topological polar surface area (TPSA) is 75.7 Å². The number of nitrogens with zero attached hydrogens (tertiary/aromatic N) is 1. The summed E-state index contributed by atoms with van der Waals surface area (Å²) in [6, 6.07) is 12.6. The lowest BCUT2D eigenvalue weighted by atomic mass is 10.1. The lowest BCUT2D eigenvalue weighted by molar-refractivity contribution is 0.0936. The Balaban J connectivity index is 1.61. The molecular weight excluding hydrogens is 376 g/mol. The summed E-state index contributed by atoms with van der Waals surface area (Å²) >= 11 is 0. The molecule has 0 spiro atoms. The maximum atomic E-state index is 13.0. The zero-order valence-corrected chi connectivity index (χ0v) is 16.7. The van der Waals surface area contributed by atoms with Crippen LogP contribution in [-0.4, -0.2) is 38.8 Å². The summed E-state index contributed by atoms with van der Waals surface area (Å²) in [5.74, 6) is -0.0168. The molecule has 2 aliphatic rings. The summed E-state index contributed by atoms with van der Waals surface area (Å²) in [5.41, 5.74) is 2.71. The highest BCUT2D eigenvalue weighted by atomic mass is 32.2. The number of benzene rings is 2. The van der Waals surface area contributed by atoms with Crippen molar-refractivity contribution >= 4 is 15.9 Å². The maximum absolute atomic E-state index is 13.0. The Labute approximate surface area is 165 Å². The van der Waals surface area contributed by atoms with Gasteiger partial charge in [-0.2, -0.15) is 4.31 Å². The second-order valence-corrected chi connectivity index (χ2v) is 9.15. The number of ether oxygens (including phenoxy) is 1. The van der Waals surface area contributed by atoms with E-state index in [0.29, 0.717) is 18.7 Å². The van der Waals surface area contributed by atoms with Gasteiger partial charge in [-0.25, -0.2) is 8.42 Å². The van der Waals surface area contributed by atoms with Gasteiger partial charge in [0.1, 0.15) is 10.6 Å². The minimum atomic E-state index is -3.69. The number of amides is 1. The van der Waals surface area contributed by atoms with Crippen molar-refractivity contribution in [2.45, 2.75) is 36.6 Å². The third kappa shape index (κ3) is 3.40. The average Bonchev–Trinajstić information content (AvgIpc) is 3.38. The van der Waals surface area contributed by atoms with Gasteiger partial charge in [0.15, 0.2) is 0 Å². The standard InChI is InChI=1S/C21H24N2O4S/c1-27-19-11-9-16(14-20(19)28(25,26)23-12-4-5-13-23)21(24)22-18-10-8-15-6-2-3-7-17(15)18/h2-3,6-7,9,11,14,18H,4-5,8,10,12-13H2,1H3,(H,22,24). The molecule has 0 bridgehead atoms. The number of aryl methyl sites for hydroxylation is 1. The Morgan fingerprint density at radius 3 is 2.64 bits per heavy atom. The quantitative estimate of drug-likeness (QED) is 0.837. The van der Waals surface area contributed by atoms with Gasteiger partial charge in [-0.15, -0.1) is 0 Å². The van der Waals surface area contributed by atoms with Crippen LogP contribution in [0.15, 0.2) is 47.4 Å². The van der Waals surface area contributed by atoms with Gasteiger partial charge in [0.05, 0.1) is 13.2 Å². The fourth-order valence-electron chi connectivity index (χ4n) is 4.04. The van der Waals surface area contributed by atoms with Crippen molar-refractivity contribution in [3.05, 3.63) is 59.2 Å². The molecule has 1 N–H and O–H groups in total. The molecule has 1 heterocycles. The fraction of sp³-hybridized carbons (Fsp3) is 0.381. The van der Waals surface area contributed by atoms with Gasteiger partial charge in [0.25, 0.3) is 5.91 Å². The smallest absolute Gasteiger partial charge is 0.251 e. The molecule has 0 saturated carbocycles. The van der Waals surface area contributed by atoms with Crippen molar-refractivity contribution in [1.29, 1.82) is 0 Å². The molecule has 2 aromatic carbocycles. The third-order valence-electron chi connectivity index (χ3n) is 5.55. The number of nitrogens with one attached hydrogen (secondary N) is 1. The molecular formula is C21H24N2O4S. The molecule has 148 valence electrons. The summed E-state index contributed by atoms with van der Waals surface area (Å²) in [6.45, 7) is 1.00. The monoisotopic (exact) mass is 400 g/mol. The largest absolute Gasteiger partial charge is 0.495 e. The van der Waals surface area contributed by atoms with Crippen molar-refractivity contribution < 1.29 is 17.9 Å². The van der Waals surface area contributed by atoms with Crippen LogP contribution in [0.4, 0.5) is 0 Å². The van der Waals surface area contributed by atoms with Gasteiger partial charge in [0.2, 0.25) is 10.0 Å². The maximum Gasteiger partial charge on any atom is 0.251 e. The van der Waals surface area contributed by atoms with E-state index in [1.807, 2.05) is 18.2 Å². The molecule has 7 heteroatoms. The van der Waals surface area contributed by atoms with E-state index in [4.69, 9.17) is 4.74 Å². The number of sulfonamides is 1. The number of hydrogen-bond acceptors (Lipinski definition) is 4. The first-order valence-corrected chi connectivity index (χ1v) is 11.0. The molecule has 1 amide bonds. The van der Waals surface area contributed by atoms with Gasteiger partial charge in [-0.3, -0.25) is 4.79 Å². The molecule has 1 unspecified atom stereocenters. The van der Waals surface area contributed by atoms with Crippen LogP contribution in [-0.2, 0) is 16.4 Å². The predicted octanol–water partition coefficient (Wildman–Crippen LogP) is 2.90. The highest BCUT2D eigenvalue weighted by molar-refractivity contribution is 7.89. The van der Waals surface area contributed by atoms with Gasteiger partial charge in [-0.05, 0) is 55.0 Å². The normalized spacial score (nSPS) is 19.4. The molecule has 0 radical (unpaired) electrons. The summed E-state index contributed by atoms with van der Waals surface area (Å²) in [6.07, 6.45) is 3.48. The van der Waals surface area contributed by atoms with Crippen LogP contribution >= 0.6 is 0 Å². The van der Waals surface area contributed by atoms with Gasteiger partial charge in [0, 0.05) is 18.7 Å². The molecule has 2 aromatic rings. The summed E-state index contributed by atoms with van der Waals surface area (Å²) in [5, 5.41) is 3.05. The molecule has 28 heavy (non-hydrogen) atoms. The summed E-state index contributed by atoms with van der Waals surface area (Å²) < 4.78 is 32.7. The van der Waals surface area contributed by atoms with Crippen LogP contribution in [0, 0.1) is 0 Å². The van der Waals surface area contributed by atoms with Gasteiger partial charge in [-0.1, -0.05) is 24.3 Å². The van der Waals surface area contributed by atoms with E-state index in [1.54, 1.807) is 12.1 Å². The highest BCUT2D eigenvalue weighted by Gasteiger charge is 2.31. The first-order valence-electron chi connectivity index (χ1n) is 9.57. The van der Waals surface area contributed by atoms with Crippen LogP contribution in [0.5, 0.6) is 5.75 Å². The van der Waals surface area contributed by atoms with Crippen molar-refractivity contribution in [2.75, 3.05) is 20.2 Å². The first-order chi connectivity index (χ1) is 13.5. The summed E-state index contributed by atoms with van der Waals surface area (Å²) in [7, 11) is -2.25. The average molecular weight is 401 g/mol. The number of methoxy groups -OCH3 is 1. The molecule has 1 aliphatic carbocycles. The number of carbonyl (C=O) groups is 1. The van der Waals surface area contributed by atoms with Crippen molar-refractivity contribution in [3.8, 4) is 5.75 Å². The van der Waals surface area contributed by atoms with Gasteiger partial charge < -0.3 is 10.1 Å². The van der Waals surface area contributed by atoms with Crippen molar-refractivity contribution in [2.24, 2.45) is 0 Å². The van der Waals surface area contributed by atoms with Crippen LogP contribution in [0.1, 0.15) is 46.8 Å².